The number of hydrogen-bond donors (Lipinski definition) is 2. The molecule has 0 bridgehead atoms. The molecule has 0 aliphatic rings. The van der Waals surface area contributed by atoms with Crippen LogP contribution in [0.2, 0.25) is 0 Å². The van der Waals surface area contributed by atoms with E-state index >= 15 is 0 Å². The topological polar surface area (TPSA) is 110 Å². The second kappa shape index (κ2) is 8.04. The first kappa shape index (κ1) is 19.1. The Labute approximate surface area is 171 Å². The monoisotopic (exact) mass is 402 g/mol. The minimum atomic E-state index is -0.458. The van der Waals surface area contributed by atoms with Crippen LogP contribution in [0, 0.1) is 17.0 Å². The lowest BCUT2D eigenvalue weighted by Gasteiger charge is -2.08. The van der Waals surface area contributed by atoms with Crippen LogP contribution in [-0.4, -0.2) is 27.4 Å². The number of hydrogen-bond acceptors (Lipinski definition) is 5. The van der Waals surface area contributed by atoms with Gasteiger partial charge in [0.1, 0.15) is 11.6 Å². The first-order chi connectivity index (χ1) is 14.5. The first-order valence-electron chi connectivity index (χ1n) is 9.22. The second-order valence-electron chi connectivity index (χ2n) is 6.72. The molecule has 0 saturated heterocycles. The number of nitro benzene ring substituents is 1. The van der Waals surface area contributed by atoms with Crippen LogP contribution in [0.25, 0.3) is 22.4 Å². The van der Waals surface area contributed by atoms with Crippen LogP contribution in [0.1, 0.15) is 5.56 Å². The average molecular weight is 402 g/mol. The lowest BCUT2D eigenvalue weighted by Crippen LogP contribution is -2.20. The second-order valence-corrected chi connectivity index (χ2v) is 6.72. The molecule has 1 aromatic heterocycles. The van der Waals surface area contributed by atoms with Gasteiger partial charge in [0.25, 0.3) is 11.6 Å². The smallest absolute Gasteiger partial charge is 0.272 e. The third-order valence-electron chi connectivity index (χ3n) is 4.57. The van der Waals surface area contributed by atoms with Crippen LogP contribution >= 0.6 is 0 Å². The summed E-state index contributed by atoms with van der Waals surface area (Å²) in [5.41, 5.74) is 3.87. The molecule has 0 aliphatic carbocycles. The summed E-state index contributed by atoms with van der Waals surface area (Å²) >= 11 is 0. The number of nitrogens with one attached hydrogen (secondary N) is 2. The average Bonchev–Trinajstić information content (AvgIpc) is 3.17. The number of aromatic amines is 1. The van der Waals surface area contributed by atoms with E-state index in [9.17, 15) is 14.9 Å². The number of anilines is 1. The van der Waals surface area contributed by atoms with Gasteiger partial charge in [-0.3, -0.25) is 14.9 Å². The molecule has 0 fully saturated rings. The number of carbonyl (C=O) groups is 1. The van der Waals surface area contributed by atoms with Gasteiger partial charge in [-0.15, -0.1) is 0 Å². The zero-order chi connectivity index (χ0) is 21.1. The number of H-pyrrole nitrogens is 1. The number of aromatic nitrogens is 2. The number of para-hydroxylation sites is 2. The molecule has 0 unspecified atom stereocenters. The number of benzene rings is 3. The van der Waals surface area contributed by atoms with Crippen molar-refractivity contribution in [2.45, 2.75) is 6.92 Å². The molecule has 1 heterocycles. The van der Waals surface area contributed by atoms with E-state index in [1.54, 1.807) is 19.1 Å². The van der Waals surface area contributed by atoms with Gasteiger partial charge in [-0.2, -0.15) is 0 Å². The lowest BCUT2D eigenvalue weighted by molar-refractivity contribution is -0.385. The molecule has 2 N–H and O–H groups in total. The van der Waals surface area contributed by atoms with E-state index in [1.807, 2.05) is 36.4 Å². The molecule has 30 heavy (non-hydrogen) atoms. The number of carbonyl (C=O) groups excluding carboxylic acids is 1. The highest BCUT2D eigenvalue weighted by atomic mass is 16.6. The van der Waals surface area contributed by atoms with Crippen molar-refractivity contribution in [1.29, 1.82) is 0 Å². The van der Waals surface area contributed by atoms with Crippen molar-refractivity contribution in [3.8, 4) is 17.1 Å². The molecule has 0 spiro atoms. The van der Waals surface area contributed by atoms with Gasteiger partial charge in [-0.05, 0) is 55.5 Å². The van der Waals surface area contributed by atoms with Crippen molar-refractivity contribution in [1.82, 2.24) is 9.97 Å². The Morgan fingerprint density at radius 3 is 2.60 bits per heavy atom. The minimum Gasteiger partial charge on any atom is -0.484 e. The predicted molar refractivity (Wildman–Crippen MR) is 113 cm³/mol. The largest absolute Gasteiger partial charge is 0.484 e. The molecule has 4 rings (SSSR count). The summed E-state index contributed by atoms with van der Waals surface area (Å²) < 4.78 is 5.43. The molecule has 1 amide bonds. The molecule has 4 aromatic rings. The predicted octanol–water partition coefficient (Wildman–Crippen LogP) is 4.46. The van der Waals surface area contributed by atoms with Gasteiger partial charge in [0.15, 0.2) is 6.61 Å². The van der Waals surface area contributed by atoms with Gasteiger partial charge in [0, 0.05) is 22.9 Å². The normalized spacial score (nSPS) is 10.7. The summed E-state index contributed by atoms with van der Waals surface area (Å²) in [6.07, 6.45) is 0. The molecule has 0 radical (unpaired) electrons. The number of fused-ring (bicyclic) bond motifs is 1. The zero-order valence-electron chi connectivity index (χ0n) is 16.1. The van der Waals surface area contributed by atoms with E-state index in [-0.39, 0.29) is 18.2 Å². The van der Waals surface area contributed by atoms with Gasteiger partial charge in [0.05, 0.1) is 16.0 Å². The molecule has 0 saturated carbocycles. The van der Waals surface area contributed by atoms with Crippen LogP contribution in [0.15, 0.2) is 66.7 Å². The standard InChI is InChI=1S/C22H18N4O4/c1-14-12-17(10-11-20(14)26(28)29)30-13-21(27)23-16-8-6-15(7-9-16)22-24-18-4-2-3-5-19(18)25-22/h2-12H,13H2,1H3,(H,23,27)(H,24,25). The van der Waals surface area contributed by atoms with E-state index in [2.05, 4.69) is 15.3 Å². The maximum Gasteiger partial charge on any atom is 0.272 e. The van der Waals surface area contributed by atoms with Crippen LogP contribution in [0.3, 0.4) is 0 Å². The Kier molecular flexibility index (Phi) is 5.13. The number of ether oxygens (including phenoxy) is 1. The van der Waals surface area contributed by atoms with Crippen LogP contribution in [-0.2, 0) is 4.79 Å². The van der Waals surface area contributed by atoms with Crippen molar-refractivity contribution in [3.63, 3.8) is 0 Å². The van der Waals surface area contributed by atoms with E-state index in [1.165, 1.54) is 18.2 Å². The van der Waals surface area contributed by atoms with Crippen molar-refractivity contribution in [2.24, 2.45) is 0 Å². The lowest BCUT2D eigenvalue weighted by atomic mass is 10.2. The molecule has 8 heteroatoms. The maximum atomic E-state index is 12.2. The SMILES string of the molecule is Cc1cc(OCC(=O)Nc2ccc(-c3nc4ccccc4[nH]3)cc2)ccc1[N+](=O)[O-]. The van der Waals surface area contributed by atoms with Crippen LogP contribution in [0.5, 0.6) is 5.75 Å². The third kappa shape index (κ3) is 4.12. The quantitative estimate of drug-likeness (QED) is 0.365. The summed E-state index contributed by atoms with van der Waals surface area (Å²) in [5, 5.41) is 13.6. The number of imidazole rings is 1. The summed E-state index contributed by atoms with van der Waals surface area (Å²) in [6, 6.07) is 19.5. The maximum absolute atomic E-state index is 12.2. The molecule has 0 atom stereocenters. The molecule has 3 aromatic carbocycles. The van der Waals surface area contributed by atoms with E-state index < -0.39 is 4.92 Å². The highest BCUT2D eigenvalue weighted by molar-refractivity contribution is 5.92. The minimum absolute atomic E-state index is 0.0105. The molecule has 8 nitrogen and oxygen atoms in total. The third-order valence-corrected chi connectivity index (χ3v) is 4.57. The fourth-order valence-corrected chi connectivity index (χ4v) is 3.07. The molecule has 0 aliphatic heterocycles. The molecular weight excluding hydrogens is 384 g/mol. The van der Waals surface area contributed by atoms with Crippen molar-refractivity contribution in [2.75, 3.05) is 11.9 Å². The fourth-order valence-electron chi connectivity index (χ4n) is 3.07. The van der Waals surface area contributed by atoms with Crippen molar-refractivity contribution < 1.29 is 14.5 Å². The van der Waals surface area contributed by atoms with Gasteiger partial charge in [0.2, 0.25) is 0 Å². The van der Waals surface area contributed by atoms with Crippen LogP contribution in [0.4, 0.5) is 11.4 Å². The number of aryl methyl sites for hydroxylation is 1. The highest BCUT2D eigenvalue weighted by Crippen LogP contribution is 2.24. The van der Waals surface area contributed by atoms with Gasteiger partial charge >= 0.3 is 0 Å². The first-order valence-corrected chi connectivity index (χ1v) is 9.22. The Bertz CT molecular complexity index is 1200. The van der Waals surface area contributed by atoms with Crippen LogP contribution < -0.4 is 10.1 Å². The summed E-state index contributed by atoms with van der Waals surface area (Å²) in [5.74, 6) is 0.821. The Hall–Kier alpha value is -4.20. The Morgan fingerprint density at radius 1 is 1.13 bits per heavy atom. The van der Waals surface area contributed by atoms with E-state index in [0.717, 1.165) is 22.4 Å². The van der Waals surface area contributed by atoms with Crippen molar-refractivity contribution >= 4 is 28.3 Å². The highest BCUT2D eigenvalue weighted by Gasteiger charge is 2.12. The Morgan fingerprint density at radius 2 is 1.90 bits per heavy atom. The molecular formula is C22H18N4O4. The Balaban J connectivity index is 1.36. The number of amides is 1. The summed E-state index contributed by atoms with van der Waals surface area (Å²) in [6.45, 7) is 1.41. The van der Waals surface area contributed by atoms with Gasteiger partial charge < -0.3 is 15.0 Å². The van der Waals surface area contributed by atoms with Crippen molar-refractivity contribution in [3.05, 3.63) is 82.4 Å². The van der Waals surface area contributed by atoms with E-state index in [4.69, 9.17) is 4.74 Å². The van der Waals surface area contributed by atoms with Gasteiger partial charge in [-0.25, -0.2) is 4.98 Å². The number of rotatable bonds is 6. The number of nitro groups is 1. The summed E-state index contributed by atoms with van der Waals surface area (Å²) in [7, 11) is 0. The summed E-state index contributed by atoms with van der Waals surface area (Å²) in [4.78, 5) is 30.4. The number of nitrogens with zero attached hydrogens (tertiary/aromatic N) is 2. The molecule has 150 valence electrons. The van der Waals surface area contributed by atoms with Gasteiger partial charge in [-0.1, -0.05) is 12.1 Å². The fraction of sp³-hybridized carbons (Fsp3) is 0.0909. The van der Waals surface area contributed by atoms with E-state index in [0.29, 0.717) is 17.0 Å². The zero-order valence-corrected chi connectivity index (χ0v) is 16.1.